The minimum absolute atomic E-state index is 0.0332. The lowest BCUT2D eigenvalue weighted by Gasteiger charge is -2.72. The van der Waals surface area contributed by atoms with Gasteiger partial charge in [0.1, 0.15) is 11.0 Å². The van der Waals surface area contributed by atoms with Crippen LogP contribution in [0.1, 0.15) is 99.3 Å². The number of hydrogen-bond donors (Lipinski definition) is 5. The van der Waals surface area contributed by atoms with Gasteiger partial charge in [0.15, 0.2) is 0 Å². The van der Waals surface area contributed by atoms with Gasteiger partial charge in [-0.2, -0.15) is 0 Å². The molecule has 4 fully saturated rings. The van der Waals surface area contributed by atoms with E-state index in [4.69, 9.17) is 0 Å². The van der Waals surface area contributed by atoms with Gasteiger partial charge in [0.25, 0.3) is 0 Å². The van der Waals surface area contributed by atoms with Crippen molar-refractivity contribution in [1.29, 1.82) is 0 Å². The summed E-state index contributed by atoms with van der Waals surface area (Å²) >= 11 is 0. The predicted molar refractivity (Wildman–Crippen MR) is 137 cm³/mol. The average molecular weight is 519 g/mol. The molecule has 7 nitrogen and oxygen atoms in total. The molecule has 5 aliphatic rings. The molecule has 0 spiro atoms. The molecule has 4 saturated carbocycles. The molecular weight excluding hydrogens is 472 g/mol. The molecule has 0 aliphatic heterocycles. The SMILES string of the molecule is CC1(C)CC[C@]2(C(=O)O)CC[C@]3(C)C(=CC[C@@H]4[C@@]5(C)C[C@@H](O)[C@H](O)[C@@](C)(C(=O)O)[C@H]5CC[C@]43C)[C@]2(O)C1. The summed E-state index contributed by atoms with van der Waals surface area (Å²) in [5.74, 6) is -2.24. The van der Waals surface area contributed by atoms with Crippen molar-refractivity contribution in [3.63, 3.8) is 0 Å². The van der Waals surface area contributed by atoms with Crippen LogP contribution in [0.25, 0.3) is 0 Å². The maximum atomic E-state index is 12.8. The fraction of sp³-hybridized carbons (Fsp3) is 0.867. The predicted octanol–water partition coefficient (Wildman–Crippen LogP) is 4.38. The molecule has 7 heteroatoms. The van der Waals surface area contributed by atoms with E-state index in [9.17, 15) is 35.1 Å². The Morgan fingerprint density at radius 1 is 0.865 bits per heavy atom. The van der Waals surface area contributed by atoms with Crippen molar-refractivity contribution in [2.75, 3.05) is 0 Å². The van der Waals surface area contributed by atoms with Crippen LogP contribution in [-0.4, -0.2) is 55.3 Å². The Hall–Kier alpha value is -1.44. The topological polar surface area (TPSA) is 135 Å². The second kappa shape index (κ2) is 7.60. The number of rotatable bonds is 2. The number of carboxylic acid groups (broad SMARTS) is 2. The maximum absolute atomic E-state index is 12.8. The van der Waals surface area contributed by atoms with Gasteiger partial charge in [0.05, 0.1) is 17.6 Å². The summed E-state index contributed by atoms with van der Waals surface area (Å²) in [5, 5.41) is 55.1. The third-order valence-corrected chi connectivity index (χ3v) is 13.2. The van der Waals surface area contributed by atoms with Crippen molar-refractivity contribution in [2.45, 2.75) is 117 Å². The summed E-state index contributed by atoms with van der Waals surface area (Å²) < 4.78 is 0. The van der Waals surface area contributed by atoms with Crippen molar-refractivity contribution in [2.24, 2.45) is 44.3 Å². The molecule has 37 heavy (non-hydrogen) atoms. The van der Waals surface area contributed by atoms with E-state index < -0.39 is 51.4 Å². The van der Waals surface area contributed by atoms with Crippen LogP contribution in [0.15, 0.2) is 11.6 Å². The zero-order valence-corrected chi connectivity index (χ0v) is 23.3. The van der Waals surface area contributed by atoms with Gasteiger partial charge in [-0.15, -0.1) is 0 Å². The maximum Gasteiger partial charge on any atom is 0.312 e. The summed E-state index contributed by atoms with van der Waals surface area (Å²) in [6.45, 7) is 12.4. The molecule has 0 unspecified atom stereocenters. The Morgan fingerprint density at radius 3 is 2.08 bits per heavy atom. The zero-order chi connectivity index (χ0) is 27.6. The highest BCUT2D eigenvalue weighted by Crippen LogP contribution is 2.76. The summed E-state index contributed by atoms with van der Waals surface area (Å²) in [4.78, 5) is 25.4. The van der Waals surface area contributed by atoms with Gasteiger partial charge in [-0.3, -0.25) is 9.59 Å². The lowest BCUT2D eigenvalue weighted by Crippen LogP contribution is -2.71. The molecule has 0 amide bonds. The van der Waals surface area contributed by atoms with Crippen LogP contribution in [0.3, 0.4) is 0 Å². The number of fused-ring (bicyclic) bond motifs is 7. The largest absolute Gasteiger partial charge is 0.481 e. The van der Waals surface area contributed by atoms with Gasteiger partial charge in [0, 0.05) is 0 Å². The average Bonchev–Trinajstić information content (AvgIpc) is 2.77. The van der Waals surface area contributed by atoms with Crippen LogP contribution in [0.4, 0.5) is 0 Å². The van der Waals surface area contributed by atoms with E-state index in [1.165, 1.54) is 0 Å². The first-order valence-electron chi connectivity index (χ1n) is 14.1. The number of carboxylic acids is 2. The van der Waals surface area contributed by atoms with E-state index in [1.54, 1.807) is 6.92 Å². The zero-order valence-electron chi connectivity index (χ0n) is 23.3. The van der Waals surface area contributed by atoms with E-state index >= 15 is 0 Å². The van der Waals surface area contributed by atoms with Crippen molar-refractivity contribution < 1.29 is 35.1 Å². The molecule has 5 N–H and O–H groups in total. The monoisotopic (exact) mass is 518 g/mol. The van der Waals surface area contributed by atoms with E-state index in [0.717, 1.165) is 18.4 Å². The lowest BCUT2D eigenvalue weighted by atomic mass is 9.32. The first-order chi connectivity index (χ1) is 16.9. The molecule has 0 aromatic heterocycles. The minimum Gasteiger partial charge on any atom is -0.481 e. The summed E-state index contributed by atoms with van der Waals surface area (Å²) in [6.07, 6.45) is 4.63. The van der Waals surface area contributed by atoms with Crippen molar-refractivity contribution >= 4 is 11.9 Å². The van der Waals surface area contributed by atoms with Gasteiger partial charge in [-0.25, -0.2) is 0 Å². The molecule has 0 bridgehead atoms. The van der Waals surface area contributed by atoms with Crippen LogP contribution < -0.4 is 0 Å². The van der Waals surface area contributed by atoms with Crippen LogP contribution in [0.2, 0.25) is 0 Å². The number of aliphatic hydroxyl groups is 3. The Labute approximate surface area is 220 Å². The highest BCUT2D eigenvalue weighted by Gasteiger charge is 2.74. The molecule has 5 rings (SSSR count). The Morgan fingerprint density at radius 2 is 1.49 bits per heavy atom. The first kappa shape index (κ1) is 27.1. The van der Waals surface area contributed by atoms with Gasteiger partial charge < -0.3 is 25.5 Å². The molecule has 0 radical (unpaired) electrons. The third kappa shape index (κ3) is 3.00. The highest BCUT2D eigenvalue weighted by molar-refractivity contribution is 5.79. The quantitative estimate of drug-likeness (QED) is 0.342. The summed E-state index contributed by atoms with van der Waals surface area (Å²) in [6, 6.07) is 0. The molecule has 208 valence electrons. The first-order valence-corrected chi connectivity index (χ1v) is 14.1. The molecule has 10 atom stereocenters. The minimum atomic E-state index is -1.45. The number of aliphatic carboxylic acids is 2. The van der Waals surface area contributed by atoms with Crippen molar-refractivity contribution in [3.05, 3.63) is 11.6 Å². The highest BCUT2D eigenvalue weighted by atomic mass is 16.4. The summed E-state index contributed by atoms with van der Waals surface area (Å²) in [5.41, 5.74) is -4.67. The van der Waals surface area contributed by atoms with Gasteiger partial charge >= 0.3 is 11.9 Å². The summed E-state index contributed by atoms with van der Waals surface area (Å²) in [7, 11) is 0. The number of allylic oxidation sites excluding steroid dienone is 1. The normalized spacial score (nSPS) is 54.6. The van der Waals surface area contributed by atoms with Crippen LogP contribution in [-0.2, 0) is 9.59 Å². The van der Waals surface area contributed by atoms with E-state index in [-0.39, 0.29) is 22.7 Å². The van der Waals surface area contributed by atoms with Crippen LogP contribution in [0.5, 0.6) is 0 Å². The van der Waals surface area contributed by atoms with Gasteiger partial charge in [-0.1, -0.05) is 40.7 Å². The second-order valence-corrected chi connectivity index (χ2v) is 15.1. The fourth-order valence-corrected chi connectivity index (χ4v) is 10.9. The van der Waals surface area contributed by atoms with Gasteiger partial charge in [0.2, 0.25) is 0 Å². The molecule has 0 saturated heterocycles. The third-order valence-electron chi connectivity index (χ3n) is 13.2. The Kier molecular flexibility index (Phi) is 5.58. The molecule has 0 aromatic rings. The number of hydrogen-bond acceptors (Lipinski definition) is 5. The number of aliphatic hydroxyl groups excluding tert-OH is 2. The smallest absolute Gasteiger partial charge is 0.312 e. The van der Waals surface area contributed by atoms with Gasteiger partial charge in [-0.05, 0) is 104 Å². The fourth-order valence-electron chi connectivity index (χ4n) is 10.9. The van der Waals surface area contributed by atoms with Crippen molar-refractivity contribution in [1.82, 2.24) is 0 Å². The Bertz CT molecular complexity index is 1070. The molecule has 5 aliphatic carbocycles. The Balaban J connectivity index is 1.66. The standard InChI is InChI=1S/C30H46O7/c1-24(2)11-13-29(23(35)36)14-12-27(5)20(30(29,37)16-24)8-7-18-25(3)15-17(31)21(32)28(6,22(33)34)19(25)9-10-26(18,27)4/h8,17-19,21,31-32,37H,7,9-16H2,1-6H3,(H,33,34)(H,35,36)/t17-,18-,19+,21+,25-,26-,27-,28+,29-,30-/m1/s1. The van der Waals surface area contributed by atoms with Crippen LogP contribution >= 0.6 is 0 Å². The van der Waals surface area contributed by atoms with E-state index in [0.29, 0.717) is 44.9 Å². The number of carbonyl (C=O) groups is 2. The van der Waals surface area contributed by atoms with Crippen LogP contribution in [0, 0.1) is 44.3 Å². The molecule has 0 aromatic carbocycles. The van der Waals surface area contributed by atoms with Crippen molar-refractivity contribution in [3.8, 4) is 0 Å². The second-order valence-electron chi connectivity index (χ2n) is 15.1. The molecular formula is C30H46O7. The lowest BCUT2D eigenvalue weighted by molar-refractivity contribution is -0.247. The van der Waals surface area contributed by atoms with E-state index in [2.05, 4.69) is 40.7 Å². The molecule has 0 heterocycles. The van der Waals surface area contributed by atoms with E-state index in [1.807, 2.05) is 0 Å².